The molecule has 0 unspecified atom stereocenters. The highest BCUT2D eigenvalue weighted by Crippen LogP contribution is 2.19. The maximum Gasteiger partial charge on any atom is 0.272 e. The van der Waals surface area contributed by atoms with E-state index in [9.17, 15) is 4.79 Å². The number of aryl methyl sites for hydroxylation is 1. The molecule has 7 heteroatoms. The second-order valence-corrected chi connectivity index (χ2v) is 6.54. The molecule has 0 bridgehead atoms. The highest BCUT2D eigenvalue weighted by molar-refractivity contribution is 5.94. The molecular formula is C19H22N6O. The smallest absolute Gasteiger partial charge is 0.272 e. The number of H-pyrrole nitrogens is 1. The van der Waals surface area contributed by atoms with E-state index < -0.39 is 0 Å². The van der Waals surface area contributed by atoms with Gasteiger partial charge in [0.1, 0.15) is 0 Å². The highest BCUT2D eigenvalue weighted by Gasteiger charge is 2.22. The number of carbonyl (C=O) groups is 1. The van der Waals surface area contributed by atoms with Gasteiger partial charge in [-0.05, 0) is 26.0 Å². The summed E-state index contributed by atoms with van der Waals surface area (Å²) in [7, 11) is 0. The summed E-state index contributed by atoms with van der Waals surface area (Å²) in [5.74, 6) is -0.155. The van der Waals surface area contributed by atoms with Crippen molar-refractivity contribution in [2.75, 3.05) is 6.54 Å². The first-order chi connectivity index (χ1) is 12.6. The van der Waals surface area contributed by atoms with Crippen LogP contribution in [0.3, 0.4) is 0 Å². The average molecular weight is 350 g/mol. The highest BCUT2D eigenvalue weighted by atomic mass is 16.1. The van der Waals surface area contributed by atoms with Gasteiger partial charge in [0, 0.05) is 48.6 Å². The Morgan fingerprint density at radius 3 is 2.88 bits per heavy atom. The monoisotopic (exact) mass is 350 g/mol. The lowest BCUT2D eigenvalue weighted by Crippen LogP contribution is -2.28. The number of benzene rings is 1. The minimum absolute atomic E-state index is 0.155. The van der Waals surface area contributed by atoms with Crippen LogP contribution in [0.4, 0.5) is 0 Å². The van der Waals surface area contributed by atoms with Crippen molar-refractivity contribution in [3.63, 3.8) is 0 Å². The second-order valence-electron chi connectivity index (χ2n) is 6.54. The third kappa shape index (κ3) is 2.90. The molecule has 7 nitrogen and oxygen atoms in total. The molecule has 26 heavy (non-hydrogen) atoms. The van der Waals surface area contributed by atoms with Crippen LogP contribution in [0, 0.1) is 13.8 Å². The minimum atomic E-state index is -0.155. The van der Waals surface area contributed by atoms with Crippen molar-refractivity contribution in [1.82, 2.24) is 30.6 Å². The molecule has 0 fully saturated rings. The van der Waals surface area contributed by atoms with Gasteiger partial charge >= 0.3 is 0 Å². The van der Waals surface area contributed by atoms with Gasteiger partial charge in [-0.15, -0.1) is 0 Å². The zero-order chi connectivity index (χ0) is 18.1. The van der Waals surface area contributed by atoms with Crippen molar-refractivity contribution >= 4 is 5.91 Å². The molecule has 0 atom stereocenters. The molecule has 0 saturated heterocycles. The molecule has 0 saturated carbocycles. The zero-order valence-electron chi connectivity index (χ0n) is 15.0. The van der Waals surface area contributed by atoms with Crippen molar-refractivity contribution in [3.8, 4) is 5.69 Å². The zero-order valence-corrected chi connectivity index (χ0v) is 15.0. The number of rotatable bonds is 4. The Morgan fingerprint density at radius 1 is 1.27 bits per heavy atom. The fourth-order valence-electron chi connectivity index (χ4n) is 3.42. The number of aromatic nitrogens is 4. The third-order valence-electron chi connectivity index (χ3n) is 4.89. The summed E-state index contributed by atoms with van der Waals surface area (Å²) in [4.78, 5) is 12.6. The van der Waals surface area contributed by atoms with Gasteiger partial charge in [0.2, 0.25) is 0 Å². The van der Waals surface area contributed by atoms with Crippen molar-refractivity contribution in [3.05, 3.63) is 64.2 Å². The standard InChI is InChI=1S/C19H22N6O/c1-12-15(13(2)25(24-12)14-6-4-3-5-7-14)11-21-19(26)18-16-10-20-9-8-17(16)22-23-18/h3-7,20H,8-11H2,1-2H3,(H,21,26)(H,22,23). The van der Waals surface area contributed by atoms with Gasteiger partial charge in [0.05, 0.1) is 11.4 Å². The molecule has 1 aliphatic rings. The van der Waals surface area contributed by atoms with Crippen molar-refractivity contribution < 1.29 is 4.79 Å². The maximum absolute atomic E-state index is 12.6. The van der Waals surface area contributed by atoms with Crippen LogP contribution in [0.1, 0.15) is 38.7 Å². The molecule has 1 aromatic carbocycles. The molecule has 3 heterocycles. The first kappa shape index (κ1) is 16.5. The Labute approximate surface area is 151 Å². The predicted molar refractivity (Wildman–Crippen MR) is 98.2 cm³/mol. The van der Waals surface area contributed by atoms with E-state index in [0.29, 0.717) is 18.8 Å². The SMILES string of the molecule is Cc1nn(-c2ccccc2)c(C)c1CNC(=O)c1n[nH]c2c1CNCC2. The number of hydrogen-bond donors (Lipinski definition) is 3. The largest absolute Gasteiger partial charge is 0.346 e. The van der Waals surface area contributed by atoms with Gasteiger partial charge < -0.3 is 10.6 Å². The first-order valence-electron chi connectivity index (χ1n) is 8.80. The fourth-order valence-corrected chi connectivity index (χ4v) is 3.42. The van der Waals surface area contributed by atoms with E-state index in [-0.39, 0.29) is 5.91 Å². The Bertz CT molecular complexity index is 941. The summed E-state index contributed by atoms with van der Waals surface area (Å²) in [6, 6.07) is 10.00. The van der Waals surface area contributed by atoms with Gasteiger partial charge in [-0.25, -0.2) is 4.68 Å². The van der Waals surface area contributed by atoms with E-state index in [2.05, 4.69) is 25.9 Å². The lowest BCUT2D eigenvalue weighted by molar-refractivity contribution is 0.0944. The Morgan fingerprint density at radius 2 is 2.08 bits per heavy atom. The molecule has 0 spiro atoms. The third-order valence-corrected chi connectivity index (χ3v) is 4.89. The van der Waals surface area contributed by atoms with E-state index >= 15 is 0 Å². The van der Waals surface area contributed by atoms with Crippen LogP contribution < -0.4 is 10.6 Å². The Hall–Kier alpha value is -2.93. The van der Waals surface area contributed by atoms with Crippen molar-refractivity contribution in [2.24, 2.45) is 0 Å². The van der Waals surface area contributed by atoms with E-state index in [1.54, 1.807) is 0 Å². The van der Waals surface area contributed by atoms with Gasteiger partial charge in [-0.2, -0.15) is 10.2 Å². The molecule has 1 amide bonds. The quantitative estimate of drug-likeness (QED) is 0.669. The number of para-hydroxylation sites is 1. The van der Waals surface area contributed by atoms with E-state index in [1.165, 1.54) is 0 Å². The predicted octanol–water partition coefficient (Wildman–Crippen LogP) is 1.79. The average Bonchev–Trinajstić information content (AvgIpc) is 3.22. The first-order valence-corrected chi connectivity index (χ1v) is 8.80. The van der Waals surface area contributed by atoms with Gasteiger partial charge in [0.15, 0.2) is 5.69 Å². The Kier molecular flexibility index (Phi) is 4.30. The number of fused-ring (bicyclic) bond motifs is 1. The molecule has 3 N–H and O–H groups in total. The van der Waals surface area contributed by atoms with E-state index in [4.69, 9.17) is 0 Å². The number of aromatic amines is 1. The molecule has 2 aromatic heterocycles. The normalized spacial score (nSPS) is 13.5. The number of nitrogens with one attached hydrogen (secondary N) is 3. The summed E-state index contributed by atoms with van der Waals surface area (Å²) >= 11 is 0. The minimum Gasteiger partial charge on any atom is -0.346 e. The summed E-state index contributed by atoms with van der Waals surface area (Å²) in [5.41, 5.74) is 6.50. The van der Waals surface area contributed by atoms with Gasteiger partial charge in [-0.1, -0.05) is 18.2 Å². The topological polar surface area (TPSA) is 87.6 Å². The molecule has 0 radical (unpaired) electrons. The number of amides is 1. The summed E-state index contributed by atoms with van der Waals surface area (Å²) in [5, 5.41) is 18.1. The van der Waals surface area contributed by atoms with Crippen LogP contribution in [0.25, 0.3) is 5.69 Å². The van der Waals surface area contributed by atoms with E-state index in [1.807, 2.05) is 48.9 Å². The molecular weight excluding hydrogens is 328 g/mol. The van der Waals surface area contributed by atoms with Crippen molar-refractivity contribution in [2.45, 2.75) is 33.4 Å². The molecule has 134 valence electrons. The van der Waals surface area contributed by atoms with Gasteiger partial charge in [-0.3, -0.25) is 9.89 Å². The summed E-state index contributed by atoms with van der Waals surface area (Å²) in [6.45, 7) is 6.01. The molecule has 0 aliphatic carbocycles. The number of nitrogens with zero attached hydrogens (tertiary/aromatic N) is 3. The lowest BCUT2D eigenvalue weighted by atomic mass is 10.1. The second kappa shape index (κ2) is 6.76. The van der Waals surface area contributed by atoms with Gasteiger partial charge in [0.25, 0.3) is 5.91 Å². The summed E-state index contributed by atoms with van der Waals surface area (Å²) in [6.07, 6.45) is 0.873. The molecule has 3 aromatic rings. The molecule has 1 aliphatic heterocycles. The van der Waals surface area contributed by atoms with Crippen LogP contribution in [0.2, 0.25) is 0 Å². The summed E-state index contributed by atoms with van der Waals surface area (Å²) < 4.78 is 1.91. The number of carbonyl (C=O) groups excluding carboxylic acids is 1. The lowest BCUT2D eigenvalue weighted by Gasteiger charge is -2.13. The molecule has 4 rings (SSSR count). The van der Waals surface area contributed by atoms with Crippen LogP contribution in [0.15, 0.2) is 30.3 Å². The van der Waals surface area contributed by atoms with Crippen LogP contribution in [-0.4, -0.2) is 32.4 Å². The van der Waals surface area contributed by atoms with Crippen LogP contribution >= 0.6 is 0 Å². The fraction of sp³-hybridized carbons (Fsp3) is 0.316. The van der Waals surface area contributed by atoms with Crippen LogP contribution in [-0.2, 0) is 19.5 Å². The Balaban J connectivity index is 1.53. The van der Waals surface area contributed by atoms with Crippen LogP contribution in [0.5, 0.6) is 0 Å². The maximum atomic E-state index is 12.6. The number of hydrogen-bond acceptors (Lipinski definition) is 4. The van der Waals surface area contributed by atoms with Crippen molar-refractivity contribution in [1.29, 1.82) is 0 Å². The van der Waals surface area contributed by atoms with E-state index in [0.717, 1.165) is 46.9 Å².